The predicted molar refractivity (Wildman–Crippen MR) is 66.1 cm³/mol. The lowest BCUT2D eigenvalue weighted by Crippen LogP contribution is -2.22. The number of ether oxygens (including phenoxy) is 2. The van der Waals surface area contributed by atoms with Crippen molar-refractivity contribution in [3.8, 4) is 11.5 Å². The van der Waals surface area contributed by atoms with Crippen LogP contribution >= 0.6 is 0 Å². The van der Waals surface area contributed by atoms with Crippen molar-refractivity contribution in [2.24, 2.45) is 5.73 Å². The van der Waals surface area contributed by atoms with E-state index in [1.54, 1.807) is 6.07 Å². The van der Waals surface area contributed by atoms with Crippen LogP contribution in [0.1, 0.15) is 36.8 Å². The Kier molecular flexibility index (Phi) is 3.43. The van der Waals surface area contributed by atoms with E-state index in [1.807, 2.05) is 19.9 Å². The van der Waals surface area contributed by atoms with E-state index in [-0.39, 0.29) is 19.3 Å². The quantitative estimate of drug-likeness (QED) is 0.850. The molecule has 5 heteroatoms. The van der Waals surface area contributed by atoms with Crippen LogP contribution < -0.4 is 15.2 Å². The molecule has 1 unspecified atom stereocenters. The van der Waals surface area contributed by atoms with Crippen molar-refractivity contribution in [2.75, 3.05) is 13.3 Å². The Labute approximate surface area is 106 Å². The largest absolute Gasteiger partial charge is 0.481 e. The smallest absolute Gasteiger partial charge is 0.312 e. The molecule has 1 aromatic rings. The number of hydrogen-bond acceptors (Lipinski definition) is 4. The average Bonchev–Trinajstić information content (AvgIpc) is 2.75. The number of carboxylic acids is 1. The van der Waals surface area contributed by atoms with Crippen molar-refractivity contribution < 1.29 is 19.4 Å². The third-order valence-corrected chi connectivity index (χ3v) is 3.11. The highest BCUT2D eigenvalue weighted by Gasteiger charge is 2.26. The van der Waals surface area contributed by atoms with Gasteiger partial charge in [0.25, 0.3) is 0 Å². The van der Waals surface area contributed by atoms with E-state index in [2.05, 4.69) is 0 Å². The summed E-state index contributed by atoms with van der Waals surface area (Å²) in [5, 5.41) is 9.23. The molecule has 1 atom stereocenters. The lowest BCUT2D eigenvalue weighted by molar-refractivity contribution is -0.138. The van der Waals surface area contributed by atoms with Gasteiger partial charge >= 0.3 is 5.97 Å². The second kappa shape index (κ2) is 4.86. The van der Waals surface area contributed by atoms with E-state index in [0.29, 0.717) is 17.1 Å². The summed E-state index contributed by atoms with van der Waals surface area (Å²) >= 11 is 0. The third-order valence-electron chi connectivity index (χ3n) is 3.11. The van der Waals surface area contributed by atoms with Gasteiger partial charge in [-0.2, -0.15) is 0 Å². The SMILES string of the molecule is CC(C)c1cc2c(cc1C(CN)C(=O)O)OCO2. The summed E-state index contributed by atoms with van der Waals surface area (Å²) in [5.74, 6) is -0.171. The Morgan fingerprint density at radius 1 is 1.33 bits per heavy atom. The number of carbonyl (C=O) groups is 1. The van der Waals surface area contributed by atoms with Gasteiger partial charge in [-0.15, -0.1) is 0 Å². The maximum absolute atomic E-state index is 11.3. The van der Waals surface area contributed by atoms with E-state index >= 15 is 0 Å². The molecule has 1 heterocycles. The molecule has 1 aromatic carbocycles. The normalized spacial score (nSPS) is 14.9. The van der Waals surface area contributed by atoms with Crippen LogP contribution in [0.4, 0.5) is 0 Å². The van der Waals surface area contributed by atoms with Gasteiger partial charge in [0, 0.05) is 6.54 Å². The van der Waals surface area contributed by atoms with E-state index in [0.717, 1.165) is 5.56 Å². The Balaban J connectivity index is 2.53. The summed E-state index contributed by atoms with van der Waals surface area (Å²) in [6.45, 7) is 4.26. The topological polar surface area (TPSA) is 81.8 Å². The lowest BCUT2D eigenvalue weighted by Gasteiger charge is -2.18. The van der Waals surface area contributed by atoms with Crippen LogP contribution in [-0.4, -0.2) is 24.4 Å². The Morgan fingerprint density at radius 2 is 1.89 bits per heavy atom. The van der Waals surface area contributed by atoms with Crippen molar-refractivity contribution in [3.05, 3.63) is 23.3 Å². The molecule has 0 radical (unpaired) electrons. The average molecular weight is 251 g/mol. The molecular formula is C13H17NO4. The molecule has 0 fully saturated rings. The van der Waals surface area contributed by atoms with Gasteiger partial charge in [-0.3, -0.25) is 4.79 Å². The van der Waals surface area contributed by atoms with Crippen LogP contribution in [0.3, 0.4) is 0 Å². The highest BCUT2D eigenvalue weighted by molar-refractivity contribution is 5.77. The Morgan fingerprint density at radius 3 is 2.33 bits per heavy atom. The van der Waals surface area contributed by atoms with Crippen LogP contribution in [-0.2, 0) is 4.79 Å². The fraction of sp³-hybridized carbons (Fsp3) is 0.462. The molecular weight excluding hydrogens is 234 g/mol. The Hall–Kier alpha value is -1.75. The highest BCUT2D eigenvalue weighted by Crippen LogP contribution is 2.39. The van der Waals surface area contributed by atoms with Gasteiger partial charge < -0.3 is 20.3 Å². The van der Waals surface area contributed by atoms with Gasteiger partial charge in [-0.05, 0) is 29.2 Å². The van der Waals surface area contributed by atoms with Crippen molar-refractivity contribution in [1.29, 1.82) is 0 Å². The van der Waals surface area contributed by atoms with Crippen molar-refractivity contribution in [3.63, 3.8) is 0 Å². The molecule has 1 aliphatic heterocycles. The molecule has 3 N–H and O–H groups in total. The zero-order valence-electron chi connectivity index (χ0n) is 10.5. The zero-order chi connectivity index (χ0) is 13.3. The van der Waals surface area contributed by atoms with Crippen LogP contribution in [0, 0.1) is 0 Å². The molecule has 98 valence electrons. The van der Waals surface area contributed by atoms with Gasteiger partial charge in [0.15, 0.2) is 11.5 Å². The molecule has 1 aliphatic rings. The molecule has 0 saturated carbocycles. The second-order valence-electron chi connectivity index (χ2n) is 4.62. The van der Waals surface area contributed by atoms with Crippen molar-refractivity contribution >= 4 is 5.97 Å². The summed E-state index contributed by atoms with van der Waals surface area (Å²) in [7, 11) is 0. The maximum Gasteiger partial charge on any atom is 0.312 e. The summed E-state index contributed by atoms with van der Waals surface area (Å²) < 4.78 is 10.6. The molecule has 2 rings (SSSR count). The van der Waals surface area contributed by atoms with E-state index in [1.165, 1.54) is 0 Å². The fourth-order valence-corrected chi connectivity index (χ4v) is 2.14. The summed E-state index contributed by atoms with van der Waals surface area (Å²) in [4.78, 5) is 11.3. The minimum Gasteiger partial charge on any atom is -0.481 e. The van der Waals surface area contributed by atoms with Gasteiger partial charge in [-0.25, -0.2) is 0 Å². The molecule has 0 saturated heterocycles. The lowest BCUT2D eigenvalue weighted by atomic mass is 9.88. The Bertz CT molecular complexity index is 470. The minimum atomic E-state index is -0.918. The van der Waals surface area contributed by atoms with E-state index < -0.39 is 11.9 Å². The number of hydrogen-bond donors (Lipinski definition) is 2. The summed E-state index contributed by atoms with van der Waals surface area (Å²) in [5.41, 5.74) is 7.22. The fourth-order valence-electron chi connectivity index (χ4n) is 2.14. The van der Waals surface area contributed by atoms with Crippen LogP contribution in [0.2, 0.25) is 0 Å². The summed E-state index contributed by atoms with van der Waals surface area (Å²) in [6.07, 6.45) is 0. The van der Waals surface area contributed by atoms with Crippen LogP contribution in [0.25, 0.3) is 0 Å². The van der Waals surface area contributed by atoms with Gasteiger partial charge in [0.05, 0.1) is 5.92 Å². The first kappa shape index (κ1) is 12.7. The number of benzene rings is 1. The number of nitrogens with two attached hydrogens (primary N) is 1. The molecule has 0 aliphatic carbocycles. The molecule has 5 nitrogen and oxygen atoms in total. The minimum absolute atomic E-state index is 0.0642. The van der Waals surface area contributed by atoms with Crippen molar-refractivity contribution in [2.45, 2.75) is 25.7 Å². The molecule has 0 bridgehead atoms. The number of fused-ring (bicyclic) bond motifs is 1. The monoisotopic (exact) mass is 251 g/mol. The first-order valence-corrected chi connectivity index (χ1v) is 5.91. The van der Waals surface area contributed by atoms with Crippen LogP contribution in [0.5, 0.6) is 11.5 Å². The van der Waals surface area contributed by atoms with Gasteiger partial charge in [0.2, 0.25) is 6.79 Å². The van der Waals surface area contributed by atoms with E-state index in [4.69, 9.17) is 15.2 Å². The van der Waals surface area contributed by atoms with E-state index in [9.17, 15) is 9.90 Å². The number of carboxylic acid groups (broad SMARTS) is 1. The maximum atomic E-state index is 11.3. The number of aliphatic carboxylic acids is 1. The summed E-state index contributed by atoms with van der Waals surface area (Å²) in [6, 6.07) is 3.59. The molecule has 0 aromatic heterocycles. The highest BCUT2D eigenvalue weighted by atomic mass is 16.7. The van der Waals surface area contributed by atoms with Crippen molar-refractivity contribution in [1.82, 2.24) is 0 Å². The zero-order valence-corrected chi connectivity index (χ0v) is 10.5. The standard InChI is InChI=1S/C13H17NO4/c1-7(2)8-3-11-12(18-6-17-11)4-9(8)10(5-14)13(15)16/h3-4,7,10H,5-6,14H2,1-2H3,(H,15,16). The van der Waals surface area contributed by atoms with Gasteiger partial charge in [0.1, 0.15) is 0 Å². The number of rotatable bonds is 4. The third kappa shape index (κ3) is 2.13. The molecule has 0 spiro atoms. The molecule has 0 amide bonds. The van der Waals surface area contributed by atoms with Crippen LogP contribution in [0.15, 0.2) is 12.1 Å². The van der Waals surface area contributed by atoms with Gasteiger partial charge in [-0.1, -0.05) is 13.8 Å². The predicted octanol–water partition coefficient (Wildman–Crippen LogP) is 1.67. The first-order chi connectivity index (χ1) is 8.54. The molecule has 18 heavy (non-hydrogen) atoms. The second-order valence-corrected chi connectivity index (χ2v) is 4.62. The first-order valence-electron chi connectivity index (χ1n) is 5.91.